The SMILES string of the molecule is C1=Cc2cc(N(c3ccc(-c4ccccc4)cc3)c3ccc(-c4cc5ccccc5c5ccccc45)cc3)c3c(c2CC1)CCC=C3. The Bertz CT molecular complexity index is 2320. The maximum absolute atomic E-state index is 2.47. The number of fused-ring (bicyclic) bond motifs is 6. The van der Waals surface area contributed by atoms with Gasteiger partial charge in [-0.05, 0) is 123 Å². The van der Waals surface area contributed by atoms with E-state index >= 15 is 0 Å². The van der Waals surface area contributed by atoms with Gasteiger partial charge in [-0.25, -0.2) is 0 Å². The number of rotatable bonds is 5. The maximum Gasteiger partial charge on any atom is 0.0542 e. The van der Waals surface area contributed by atoms with Crippen LogP contribution in [0.3, 0.4) is 0 Å². The molecule has 47 heavy (non-hydrogen) atoms. The fraction of sp³-hybridized carbons (Fsp3) is 0.0870. The third kappa shape index (κ3) is 4.87. The molecule has 9 rings (SSSR count). The summed E-state index contributed by atoms with van der Waals surface area (Å²) in [5, 5.41) is 5.15. The third-order valence-corrected chi connectivity index (χ3v) is 9.99. The summed E-state index contributed by atoms with van der Waals surface area (Å²) < 4.78 is 0. The highest BCUT2D eigenvalue weighted by atomic mass is 15.1. The van der Waals surface area contributed by atoms with E-state index in [4.69, 9.17) is 0 Å². The van der Waals surface area contributed by atoms with E-state index in [1.54, 1.807) is 0 Å². The summed E-state index contributed by atoms with van der Waals surface area (Å²) in [6.07, 6.45) is 13.8. The summed E-state index contributed by atoms with van der Waals surface area (Å²) in [4.78, 5) is 2.47. The molecule has 0 saturated carbocycles. The molecular formula is C46H35N. The monoisotopic (exact) mass is 601 g/mol. The molecule has 0 unspecified atom stereocenters. The molecule has 0 radical (unpaired) electrons. The van der Waals surface area contributed by atoms with E-state index < -0.39 is 0 Å². The van der Waals surface area contributed by atoms with Gasteiger partial charge in [-0.3, -0.25) is 0 Å². The summed E-state index contributed by atoms with van der Waals surface area (Å²) in [6.45, 7) is 0. The Morgan fingerprint density at radius 1 is 0.447 bits per heavy atom. The van der Waals surface area contributed by atoms with Gasteiger partial charge in [-0.2, -0.15) is 0 Å². The second kappa shape index (κ2) is 11.6. The van der Waals surface area contributed by atoms with Gasteiger partial charge in [0.25, 0.3) is 0 Å². The zero-order chi connectivity index (χ0) is 31.2. The molecule has 0 saturated heterocycles. The van der Waals surface area contributed by atoms with E-state index in [0.717, 1.165) is 37.1 Å². The normalized spacial score (nSPS) is 13.4. The number of benzene rings is 7. The summed E-state index contributed by atoms with van der Waals surface area (Å²) in [7, 11) is 0. The van der Waals surface area contributed by atoms with Crippen molar-refractivity contribution in [3.63, 3.8) is 0 Å². The molecule has 0 aromatic heterocycles. The number of hydrogen-bond donors (Lipinski definition) is 0. The van der Waals surface area contributed by atoms with Crippen LogP contribution in [0.4, 0.5) is 17.1 Å². The zero-order valence-corrected chi connectivity index (χ0v) is 26.4. The Kier molecular flexibility index (Phi) is 6.82. The van der Waals surface area contributed by atoms with Crippen LogP contribution in [0, 0.1) is 0 Å². The standard InChI is InChI=1S/C46H35N/c1-2-12-32(13-3-1)33-22-26-37(27-23-33)47(46-31-36-15-5-7-17-40(36)42-19-10-11-21-44(42)46)38-28-24-34(25-29-38)45-30-35-14-4-6-16-39(35)41-18-8-9-20-43(41)45/h1-6,8-9,11-16,18,20-31H,7,10,17,19H2. The summed E-state index contributed by atoms with van der Waals surface area (Å²) in [5.41, 5.74) is 14.3. The number of nitrogens with zero attached hydrogens (tertiary/aromatic N) is 1. The predicted octanol–water partition coefficient (Wildman–Crippen LogP) is 12.7. The van der Waals surface area contributed by atoms with Gasteiger partial charge < -0.3 is 4.90 Å². The van der Waals surface area contributed by atoms with Crippen molar-refractivity contribution in [1.82, 2.24) is 0 Å². The Labute approximate surface area is 276 Å². The Morgan fingerprint density at radius 3 is 1.81 bits per heavy atom. The molecule has 0 fully saturated rings. The second-order valence-electron chi connectivity index (χ2n) is 12.7. The maximum atomic E-state index is 2.47. The molecule has 0 atom stereocenters. The van der Waals surface area contributed by atoms with Crippen molar-refractivity contribution in [3.8, 4) is 22.3 Å². The van der Waals surface area contributed by atoms with E-state index in [0.29, 0.717) is 0 Å². The summed E-state index contributed by atoms with van der Waals surface area (Å²) in [6, 6.07) is 51.2. The molecule has 2 aliphatic rings. The molecule has 1 heteroatoms. The van der Waals surface area contributed by atoms with E-state index in [9.17, 15) is 0 Å². The van der Waals surface area contributed by atoms with E-state index in [2.05, 4.69) is 169 Å². The lowest BCUT2D eigenvalue weighted by Gasteiger charge is -2.32. The van der Waals surface area contributed by atoms with Gasteiger partial charge in [0, 0.05) is 16.9 Å². The fourth-order valence-electron chi connectivity index (χ4n) is 7.71. The quantitative estimate of drug-likeness (QED) is 0.177. The van der Waals surface area contributed by atoms with Crippen molar-refractivity contribution >= 4 is 50.8 Å². The summed E-state index contributed by atoms with van der Waals surface area (Å²) in [5.74, 6) is 0. The average molecular weight is 602 g/mol. The first-order valence-corrected chi connectivity index (χ1v) is 16.8. The zero-order valence-electron chi connectivity index (χ0n) is 26.4. The first-order chi connectivity index (χ1) is 23.3. The van der Waals surface area contributed by atoms with Crippen LogP contribution in [0.5, 0.6) is 0 Å². The van der Waals surface area contributed by atoms with Crippen LogP contribution in [0.2, 0.25) is 0 Å². The minimum atomic E-state index is 1.10. The lowest BCUT2D eigenvalue weighted by Crippen LogP contribution is -2.15. The van der Waals surface area contributed by atoms with Crippen LogP contribution in [0.15, 0.2) is 152 Å². The van der Waals surface area contributed by atoms with Crippen LogP contribution >= 0.6 is 0 Å². The topological polar surface area (TPSA) is 3.24 Å². The van der Waals surface area contributed by atoms with Gasteiger partial charge in [0.05, 0.1) is 5.69 Å². The molecule has 0 heterocycles. The van der Waals surface area contributed by atoms with Crippen molar-refractivity contribution < 1.29 is 0 Å². The predicted molar refractivity (Wildman–Crippen MR) is 202 cm³/mol. The van der Waals surface area contributed by atoms with Crippen molar-refractivity contribution in [2.75, 3.05) is 4.90 Å². The van der Waals surface area contributed by atoms with Crippen molar-refractivity contribution in [1.29, 1.82) is 0 Å². The summed E-state index contributed by atoms with van der Waals surface area (Å²) >= 11 is 0. The Hall–Kier alpha value is -5.66. The Balaban J connectivity index is 1.21. The molecule has 2 aliphatic carbocycles. The molecule has 7 aromatic rings. The van der Waals surface area contributed by atoms with Gasteiger partial charge in [-0.15, -0.1) is 0 Å². The largest absolute Gasteiger partial charge is 0.310 e. The lowest BCUT2D eigenvalue weighted by molar-refractivity contribution is 0.905. The first kappa shape index (κ1) is 27.6. The van der Waals surface area contributed by atoms with Gasteiger partial charge in [0.1, 0.15) is 0 Å². The molecule has 1 nitrogen and oxygen atoms in total. The Morgan fingerprint density at radius 2 is 1.04 bits per heavy atom. The highest BCUT2D eigenvalue weighted by Crippen LogP contribution is 2.44. The van der Waals surface area contributed by atoms with Gasteiger partial charge in [0.2, 0.25) is 0 Å². The van der Waals surface area contributed by atoms with Crippen molar-refractivity contribution in [2.45, 2.75) is 25.7 Å². The first-order valence-electron chi connectivity index (χ1n) is 16.8. The minimum Gasteiger partial charge on any atom is -0.310 e. The third-order valence-electron chi connectivity index (χ3n) is 9.99. The molecule has 0 N–H and O–H groups in total. The number of anilines is 3. The van der Waals surface area contributed by atoms with Gasteiger partial charge >= 0.3 is 0 Å². The van der Waals surface area contributed by atoms with Crippen LogP contribution < -0.4 is 4.90 Å². The average Bonchev–Trinajstić information content (AvgIpc) is 3.15. The number of allylic oxidation sites excluding steroid dienone is 2. The smallest absolute Gasteiger partial charge is 0.0542 e. The minimum absolute atomic E-state index is 1.10. The molecule has 224 valence electrons. The molecule has 7 aromatic carbocycles. The highest BCUT2D eigenvalue weighted by molar-refractivity contribution is 6.13. The van der Waals surface area contributed by atoms with Crippen molar-refractivity contribution in [3.05, 3.63) is 174 Å². The van der Waals surface area contributed by atoms with Crippen LogP contribution in [0.1, 0.15) is 35.1 Å². The molecule has 0 amide bonds. The van der Waals surface area contributed by atoms with E-state index in [1.807, 2.05) is 0 Å². The van der Waals surface area contributed by atoms with Crippen LogP contribution in [-0.2, 0) is 12.8 Å². The fourth-order valence-corrected chi connectivity index (χ4v) is 7.71. The molecule has 0 spiro atoms. The molecule has 0 bridgehead atoms. The van der Waals surface area contributed by atoms with E-state index in [1.165, 1.54) is 71.7 Å². The van der Waals surface area contributed by atoms with Crippen molar-refractivity contribution in [2.24, 2.45) is 0 Å². The van der Waals surface area contributed by atoms with Crippen LogP contribution in [-0.4, -0.2) is 0 Å². The van der Waals surface area contributed by atoms with E-state index in [-0.39, 0.29) is 0 Å². The van der Waals surface area contributed by atoms with Gasteiger partial charge in [-0.1, -0.05) is 127 Å². The molecule has 0 aliphatic heterocycles. The van der Waals surface area contributed by atoms with Crippen LogP contribution in [0.25, 0.3) is 56.0 Å². The lowest BCUT2D eigenvalue weighted by atomic mass is 9.84. The highest BCUT2D eigenvalue weighted by Gasteiger charge is 2.24. The van der Waals surface area contributed by atoms with Gasteiger partial charge in [0.15, 0.2) is 0 Å². The molecular weight excluding hydrogens is 567 g/mol. The second-order valence-corrected chi connectivity index (χ2v) is 12.7. The number of hydrogen-bond acceptors (Lipinski definition) is 1.